The lowest BCUT2D eigenvalue weighted by Gasteiger charge is -2.28. The standard InChI is InChI=1S/C10H18F2N2/c1-13-8-4-6-14(7-8)9-3-2-5-10(9,11)12/h8-9,13H,2-7H2,1H3. The number of likely N-dealkylation sites (tertiary alicyclic amines) is 1. The van der Waals surface area contributed by atoms with Crippen LogP contribution in [0.5, 0.6) is 0 Å². The molecule has 0 aromatic carbocycles. The van der Waals surface area contributed by atoms with E-state index in [1.165, 1.54) is 0 Å². The molecule has 0 spiro atoms. The van der Waals surface area contributed by atoms with Crippen LogP contribution in [-0.2, 0) is 0 Å². The Morgan fingerprint density at radius 1 is 1.36 bits per heavy atom. The number of likely N-dealkylation sites (N-methyl/N-ethyl adjacent to an activating group) is 1. The van der Waals surface area contributed by atoms with Crippen molar-refractivity contribution in [2.75, 3.05) is 20.1 Å². The van der Waals surface area contributed by atoms with Gasteiger partial charge in [-0.1, -0.05) is 0 Å². The molecule has 82 valence electrons. The van der Waals surface area contributed by atoms with Crippen molar-refractivity contribution >= 4 is 0 Å². The molecule has 2 atom stereocenters. The molecule has 4 heteroatoms. The van der Waals surface area contributed by atoms with Crippen LogP contribution in [0.15, 0.2) is 0 Å². The minimum Gasteiger partial charge on any atom is -0.316 e. The highest BCUT2D eigenvalue weighted by Gasteiger charge is 2.48. The van der Waals surface area contributed by atoms with Crippen LogP contribution in [-0.4, -0.2) is 43.0 Å². The molecule has 0 radical (unpaired) electrons. The van der Waals surface area contributed by atoms with E-state index < -0.39 is 12.0 Å². The fourth-order valence-electron chi connectivity index (χ4n) is 2.66. The van der Waals surface area contributed by atoms with Gasteiger partial charge in [0.05, 0.1) is 6.04 Å². The number of nitrogens with zero attached hydrogens (tertiary/aromatic N) is 1. The first-order valence-corrected chi connectivity index (χ1v) is 5.42. The van der Waals surface area contributed by atoms with Gasteiger partial charge < -0.3 is 5.32 Å². The van der Waals surface area contributed by atoms with E-state index >= 15 is 0 Å². The average Bonchev–Trinajstić information content (AvgIpc) is 2.70. The Balaban J connectivity index is 1.96. The van der Waals surface area contributed by atoms with Crippen molar-refractivity contribution in [1.82, 2.24) is 10.2 Å². The SMILES string of the molecule is CNC1CCN(C2CCCC2(F)F)C1. The Morgan fingerprint density at radius 2 is 2.14 bits per heavy atom. The van der Waals surface area contributed by atoms with Gasteiger partial charge in [0.2, 0.25) is 0 Å². The summed E-state index contributed by atoms with van der Waals surface area (Å²) in [6, 6.07) is -0.0766. The summed E-state index contributed by atoms with van der Waals surface area (Å²) < 4.78 is 26.9. The second-order valence-electron chi connectivity index (χ2n) is 4.44. The third kappa shape index (κ3) is 1.77. The molecule has 2 nitrogen and oxygen atoms in total. The third-order valence-electron chi connectivity index (χ3n) is 3.54. The molecule has 1 heterocycles. The summed E-state index contributed by atoms with van der Waals surface area (Å²) in [5.74, 6) is -2.44. The normalized spacial score (nSPS) is 37.9. The highest BCUT2D eigenvalue weighted by atomic mass is 19.3. The zero-order chi connectivity index (χ0) is 10.2. The van der Waals surface area contributed by atoms with Gasteiger partial charge in [0.25, 0.3) is 5.92 Å². The van der Waals surface area contributed by atoms with Gasteiger partial charge in [-0.2, -0.15) is 0 Å². The maximum Gasteiger partial charge on any atom is 0.263 e. The monoisotopic (exact) mass is 204 g/mol. The van der Waals surface area contributed by atoms with Gasteiger partial charge >= 0.3 is 0 Å². The van der Waals surface area contributed by atoms with Gasteiger partial charge in [0, 0.05) is 25.6 Å². The van der Waals surface area contributed by atoms with Crippen molar-refractivity contribution in [3.63, 3.8) is 0 Å². The van der Waals surface area contributed by atoms with Crippen LogP contribution < -0.4 is 5.32 Å². The predicted octanol–water partition coefficient (Wildman–Crippen LogP) is 1.47. The molecule has 1 aliphatic heterocycles. The van der Waals surface area contributed by atoms with Crippen molar-refractivity contribution in [2.45, 2.75) is 43.7 Å². The van der Waals surface area contributed by atoms with Crippen molar-refractivity contribution < 1.29 is 8.78 Å². The van der Waals surface area contributed by atoms with Gasteiger partial charge in [0.15, 0.2) is 0 Å². The molecule has 0 amide bonds. The van der Waals surface area contributed by atoms with Crippen LogP contribution >= 0.6 is 0 Å². The van der Waals surface area contributed by atoms with E-state index in [2.05, 4.69) is 5.32 Å². The van der Waals surface area contributed by atoms with E-state index in [9.17, 15) is 8.78 Å². The van der Waals surface area contributed by atoms with Crippen LogP contribution in [0.3, 0.4) is 0 Å². The minimum atomic E-state index is -2.44. The lowest BCUT2D eigenvalue weighted by molar-refractivity contribution is -0.0558. The summed E-state index contributed by atoms with van der Waals surface area (Å²) >= 11 is 0. The van der Waals surface area contributed by atoms with Crippen molar-refractivity contribution in [3.05, 3.63) is 0 Å². The molecule has 2 unspecified atom stereocenters. The summed E-state index contributed by atoms with van der Waals surface area (Å²) in [7, 11) is 1.90. The predicted molar refractivity (Wildman–Crippen MR) is 51.6 cm³/mol. The molecule has 2 rings (SSSR count). The molecular weight excluding hydrogens is 186 g/mol. The number of alkyl halides is 2. The Bertz CT molecular complexity index is 208. The minimum absolute atomic E-state index is 0.0817. The van der Waals surface area contributed by atoms with Gasteiger partial charge in [-0.05, 0) is 26.3 Å². The van der Waals surface area contributed by atoms with E-state index in [1.54, 1.807) is 0 Å². The quantitative estimate of drug-likeness (QED) is 0.732. The summed E-state index contributed by atoms with van der Waals surface area (Å²) in [5.41, 5.74) is 0. The Morgan fingerprint density at radius 3 is 2.64 bits per heavy atom. The van der Waals surface area contributed by atoms with Crippen LogP contribution in [0.25, 0.3) is 0 Å². The molecule has 14 heavy (non-hydrogen) atoms. The van der Waals surface area contributed by atoms with Crippen molar-refractivity contribution in [1.29, 1.82) is 0 Å². The van der Waals surface area contributed by atoms with Gasteiger partial charge in [0.1, 0.15) is 0 Å². The summed E-state index contributed by atoms with van der Waals surface area (Å²) in [6.07, 6.45) is 2.43. The number of nitrogens with one attached hydrogen (secondary N) is 1. The number of hydrogen-bond donors (Lipinski definition) is 1. The molecule has 0 aromatic rings. The zero-order valence-electron chi connectivity index (χ0n) is 8.60. The summed E-state index contributed by atoms with van der Waals surface area (Å²) in [5, 5.41) is 3.16. The van der Waals surface area contributed by atoms with Crippen molar-refractivity contribution in [3.8, 4) is 0 Å². The first kappa shape index (κ1) is 10.3. The van der Waals surface area contributed by atoms with Crippen LogP contribution in [0, 0.1) is 0 Å². The van der Waals surface area contributed by atoms with E-state index in [0.29, 0.717) is 18.9 Å². The van der Waals surface area contributed by atoms with Crippen LogP contribution in [0.1, 0.15) is 25.7 Å². The fraction of sp³-hybridized carbons (Fsp3) is 1.00. The molecule has 0 bridgehead atoms. The zero-order valence-corrected chi connectivity index (χ0v) is 8.60. The highest BCUT2D eigenvalue weighted by Crippen LogP contribution is 2.39. The van der Waals surface area contributed by atoms with Gasteiger partial charge in [-0.3, -0.25) is 4.90 Å². The second kappa shape index (κ2) is 3.74. The van der Waals surface area contributed by atoms with E-state index in [1.807, 2.05) is 11.9 Å². The highest BCUT2D eigenvalue weighted by molar-refractivity contribution is 4.95. The first-order chi connectivity index (χ1) is 6.63. The number of halogens is 2. The Kier molecular flexibility index (Phi) is 2.75. The van der Waals surface area contributed by atoms with Crippen LogP contribution in [0.2, 0.25) is 0 Å². The van der Waals surface area contributed by atoms with E-state index in [4.69, 9.17) is 0 Å². The topological polar surface area (TPSA) is 15.3 Å². The smallest absolute Gasteiger partial charge is 0.263 e. The fourth-order valence-corrected chi connectivity index (χ4v) is 2.66. The van der Waals surface area contributed by atoms with Gasteiger partial charge in [-0.25, -0.2) is 8.78 Å². The summed E-state index contributed by atoms with van der Waals surface area (Å²) in [4.78, 5) is 1.97. The van der Waals surface area contributed by atoms with Gasteiger partial charge in [-0.15, -0.1) is 0 Å². The molecule has 1 aliphatic carbocycles. The lowest BCUT2D eigenvalue weighted by Crippen LogP contribution is -2.44. The molecule has 2 aliphatic rings. The molecule has 1 N–H and O–H groups in total. The average molecular weight is 204 g/mol. The molecule has 1 saturated carbocycles. The molecular formula is C10H18F2N2. The van der Waals surface area contributed by atoms with E-state index in [0.717, 1.165) is 19.5 Å². The third-order valence-corrected chi connectivity index (χ3v) is 3.54. The molecule has 1 saturated heterocycles. The Labute approximate surface area is 83.7 Å². The lowest BCUT2D eigenvalue weighted by atomic mass is 10.2. The Hall–Kier alpha value is -0.220. The van der Waals surface area contributed by atoms with Crippen molar-refractivity contribution in [2.24, 2.45) is 0 Å². The molecule has 0 aromatic heterocycles. The van der Waals surface area contributed by atoms with E-state index in [-0.39, 0.29) is 6.42 Å². The largest absolute Gasteiger partial charge is 0.316 e. The summed E-state index contributed by atoms with van der Waals surface area (Å²) in [6.45, 7) is 1.61. The van der Waals surface area contributed by atoms with Crippen LogP contribution in [0.4, 0.5) is 8.78 Å². The number of rotatable bonds is 2. The number of hydrogen-bond acceptors (Lipinski definition) is 2. The maximum absolute atomic E-state index is 13.4. The maximum atomic E-state index is 13.4. The molecule has 2 fully saturated rings. The first-order valence-electron chi connectivity index (χ1n) is 5.42. The second-order valence-corrected chi connectivity index (χ2v) is 4.44.